The van der Waals surface area contributed by atoms with Crippen molar-refractivity contribution in [2.45, 2.75) is 45.2 Å². The van der Waals surface area contributed by atoms with Gasteiger partial charge in [0.15, 0.2) is 0 Å². The van der Waals surface area contributed by atoms with Crippen LogP contribution < -0.4 is 10.6 Å². The lowest BCUT2D eigenvalue weighted by atomic mass is 9.96. The molecule has 3 aliphatic rings. The Morgan fingerprint density at radius 2 is 1.83 bits per heavy atom. The highest BCUT2D eigenvalue weighted by Gasteiger charge is 2.45. The van der Waals surface area contributed by atoms with Crippen molar-refractivity contribution in [1.82, 2.24) is 20.1 Å². The molecule has 1 aromatic heterocycles. The summed E-state index contributed by atoms with van der Waals surface area (Å²) in [7, 11) is 0. The molecule has 0 radical (unpaired) electrons. The maximum absolute atomic E-state index is 13.2. The van der Waals surface area contributed by atoms with E-state index in [0.717, 1.165) is 43.1 Å². The molecule has 182 valence electrons. The molecular weight excluding hydrogens is 446 g/mol. The molecule has 5 rings (SSSR count). The normalized spacial score (nSPS) is 21.3. The Kier molecular flexibility index (Phi) is 6.34. The van der Waals surface area contributed by atoms with E-state index in [2.05, 4.69) is 26.6 Å². The van der Waals surface area contributed by atoms with Gasteiger partial charge in [0.25, 0.3) is 11.8 Å². The van der Waals surface area contributed by atoms with Crippen molar-refractivity contribution in [3.8, 4) is 0 Å². The molecule has 2 saturated heterocycles. The van der Waals surface area contributed by atoms with Crippen molar-refractivity contribution in [2.75, 3.05) is 25.0 Å². The molecule has 9 heteroatoms. The summed E-state index contributed by atoms with van der Waals surface area (Å²) < 4.78 is 0. The van der Waals surface area contributed by atoms with Gasteiger partial charge < -0.3 is 5.32 Å². The third kappa shape index (κ3) is 4.68. The van der Waals surface area contributed by atoms with E-state index in [1.54, 1.807) is 18.2 Å². The third-order valence-corrected chi connectivity index (χ3v) is 7.14. The van der Waals surface area contributed by atoms with Gasteiger partial charge in [-0.3, -0.25) is 39.3 Å². The number of amides is 4. The first-order valence-corrected chi connectivity index (χ1v) is 12.1. The number of hydrogen-bond acceptors (Lipinski definition) is 7. The number of nitrogens with one attached hydrogen (secondary N) is 2. The van der Waals surface area contributed by atoms with E-state index in [9.17, 15) is 19.2 Å². The topological polar surface area (TPSA) is 112 Å². The Morgan fingerprint density at radius 3 is 2.54 bits per heavy atom. The number of piperidine rings is 2. The number of hydrogen-bond donors (Lipinski definition) is 2. The van der Waals surface area contributed by atoms with E-state index in [4.69, 9.17) is 0 Å². The lowest BCUT2D eigenvalue weighted by Crippen LogP contribution is -2.54. The maximum Gasteiger partial charge on any atom is 0.264 e. The predicted octanol–water partition coefficient (Wildman–Crippen LogP) is 2.12. The third-order valence-electron chi connectivity index (χ3n) is 7.14. The van der Waals surface area contributed by atoms with Crippen LogP contribution in [-0.4, -0.2) is 64.1 Å². The lowest BCUT2D eigenvalue weighted by molar-refractivity contribution is -0.136. The first kappa shape index (κ1) is 23.2. The Hall–Kier alpha value is -3.59. The van der Waals surface area contributed by atoms with E-state index >= 15 is 0 Å². The van der Waals surface area contributed by atoms with Crippen molar-refractivity contribution in [2.24, 2.45) is 5.92 Å². The summed E-state index contributed by atoms with van der Waals surface area (Å²) in [6, 6.07) is 8.38. The molecule has 9 nitrogen and oxygen atoms in total. The summed E-state index contributed by atoms with van der Waals surface area (Å²) in [6.07, 6.45) is 4.27. The smallest absolute Gasteiger partial charge is 0.264 e. The number of likely N-dealkylation sites (tertiary alicyclic amines) is 1. The fourth-order valence-corrected chi connectivity index (χ4v) is 5.12. The van der Waals surface area contributed by atoms with E-state index in [-0.39, 0.29) is 18.7 Å². The number of fused-ring (bicyclic) bond motifs is 1. The second-order valence-electron chi connectivity index (χ2n) is 9.58. The summed E-state index contributed by atoms with van der Waals surface area (Å²) in [5.74, 6) is -1.49. The number of aromatic nitrogens is 1. The van der Waals surface area contributed by atoms with Crippen LogP contribution in [0.1, 0.15) is 57.7 Å². The van der Waals surface area contributed by atoms with Gasteiger partial charge in [-0.05, 0) is 69.0 Å². The largest absolute Gasteiger partial charge is 0.384 e. The molecule has 35 heavy (non-hydrogen) atoms. The minimum Gasteiger partial charge on any atom is -0.384 e. The van der Waals surface area contributed by atoms with Crippen LogP contribution in [0.2, 0.25) is 0 Å². The zero-order valence-electron chi connectivity index (χ0n) is 19.8. The zero-order valence-corrected chi connectivity index (χ0v) is 19.8. The van der Waals surface area contributed by atoms with E-state index < -0.39 is 23.8 Å². The molecule has 1 unspecified atom stereocenters. The molecular formula is C26H29N5O4. The summed E-state index contributed by atoms with van der Waals surface area (Å²) >= 11 is 0. The Balaban J connectivity index is 1.20. The van der Waals surface area contributed by atoms with Crippen molar-refractivity contribution < 1.29 is 19.2 Å². The summed E-state index contributed by atoms with van der Waals surface area (Å²) in [5, 5.41) is 5.63. The number of aryl methyl sites for hydroxylation is 1. The van der Waals surface area contributed by atoms with Crippen LogP contribution >= 0.6 is 0 Å². The van der Waals surface area contributed by atoms with Gasteiger partial charge in [0.2, 0.25) is 11.8 Å². The highest BCUT2D eigenvalue weighted by molar-refractivity contribution is 6.25. The first-order valence-electron chi connectivity index (χ1n) is 12.1. The molecule has 1 aromatic carbocycles. The molecule has 0 saturated carbocycles. The van der Waals surface area contributed by atoms with Crippen molar-refractivity contribution >= 4 is 29.3 Å². The van der Waals surface area contributed by atoms with Gasteiger partial charge >= 0.3 is 0 Å². The number of rotatable bonds is 6. The van der Waals surface area contributed by atoms with Crippen LogP contribution in [0.25, 0.3) is 0 Å². The van der Waals surface area contributed by atoms with Gasteiger partial charge in [-0.15, -0.1) is 0 Å². The van der Waals surface area contributed by atoms with Gasteiger partial charge in [0.1, 0.15) is 6.04 Å². The minimum absolute atomic E-state index is 0.105. The molecule has 0 bridgehead atoms. The number of anilines is 1. The Morgan fingerprint density at radius 1 is 1.03 bits per heavy atom. The molecule has 4 amide bonds. The average molecular weight is 476 g/mol. The maximum atomic E-state index is 13.2. The minimum atomic E-state index is -0.957. The monoisotopic (exact) mass is 475 g/mol. The van der Waals surface area contributed by atoms with Gasteiger partial charge in [0, 0.05) is 37.1 Å². The van der Waals surface area contributed by atoms with Gasteiger partial charge in [-0.2, -0.15) is 0 Å². The van der Waals surface area contributed by atoms with Gasteiger partial charge in [-0.1, -0.05) is 12.1 Å². The van der Waals surface area contributed by atoms with Crippen molar-refractivity contribution in [1.29, 1.82) is 0 Å². The summed E-state index contributed by atoms with van der Waals surface area (Å²) in [5.41, 5.74) is 3.46. The molecule has 2 fully saturated rings. The molecule has 3 aliphatic heterocycles. The molecule has 1 atom stereocenters. The number of pyridine rings is 1. The van der Waals surface area contributed by atoms with Crippen LogP contribution in [-0.2, 0) is 16.1 Å². The second-order valence-corrected chi connectivity index (χ2v) is 9.58. The first-order chi connectivity index (χ1) is 16.9. The molecule has 0 spiro atoms. The second kappa shape index (κ2) is 9.58. The number of benzene rings is 1. The van der Waals surface area contributed by atoms with Gasteiger partial charge in [0.05, 0.1) is 11.1 Å². The Labute approximate surface area is 203 Å². The number of imide groups is 2. The number of carbonyl (C=O) groups excluding carboxylic acids is 4. The molecule has 4 heterocycles. The summed E-state index contributed by atoms with van der Waals surface area (Å²) in [6.45, 7) is 5.57. The number of nitrogens with zero attached hydrogens (tertiary/aromatic N) is 3. The lowest BCUT2D eigenvalue weighted by Gasteiger charge is -2.32. The molecule has 2 aromatic rings. The SMILES string of the molecule is Cc1ccc(CN2CCC(CNc3cccc4c3C(=O)N(C3CCC(=O)NC3=O)C4=O)CC2)cn1. The standard InChI is InChI=1S/C26H29N5O4/c1-16-5-6-18(14-27-16)15-30-11-9-17(10-12-30)13-28-20-4-2-3-19-23(20)26(35)31(25(19)34)21-7-8-22(32)29-24(21)33/h2-6,14,17,21,28H,7-13,15H2,1H3,(H,29,32,33). The highest BCUT2D eigenvalue weighted by atomic mass is 16.2. The van der Waals surface area contributed by atoms with Crippen molar-refractivity contribution in [3.05, 3.63) is 58.9 Å². The van der Waals surface area contributed by atoms with Crippen LogP contribution in [0.4, 0.5) is 5.69 Å². The zero-order chi connectivity index (χ0) is 24.5. The fourth-order valence-electron chi connectivity index (χ4n) is 5.12. The van der Waals surface area contributed by atoms with E-state index in [0.29, 0.717) is 29.3 Å². The Bertz CT molecular complexity index is 1170. The van der Waals surface area contributed by atoms with E-state index in [1.165, 1.54) is 5.56 Å². The van der Waals surface area contributed by atoms with Crippen LogP contribution in [0.3, 0.4) is 0 Å². The summed E-state index contributed by atoms with van der Waals surface area (Å²) in [4.78, 5) is 57.8. The van der Waals surface area contributed by atoms with Crippen LogP contribution in [0.15, 0.2) is 36.5 Å². The molecule has 0 aliphatic carbocycles. The quantitative estimate of drug-likeness (QED) is 0.616. The predicted molar refractivity (Wildman–Crippen MR) is 129 cm³/mol. The van der Waals surface area contributed by atoms with Gasteiger partial charge in [-0.25, -0.2) is 0 Å². The van der Waals surface area contributed by atoms with Crippen molar-refractivity contribution in [3.63, 3.8) is 0 Å². The average Bonchev–Trinajstić information content (AvgIpc) is 3.11. The number of carbonyl (C=O) groups is 4. The van der Waals surface area contributed by atoms with Crippen LogP contribution in [0.5, 0.6) is 0 Å². The van der Waals surface area contributed by atoms with E-state index in [1.807, 2.05) is 19.2 Å². The molecule has 2 N–H and O–H groups in total. The van der Waals surface area contributed by atoms with Crippen LogP contribution in [0, 0.1) is 12.8 Å². The highest BCUT2D eigenvalue weighted by Crippen LogP contribution is 2.33. The fraction of sp³-hybridized carbons (Fsp3) is 0.423.